The zero-order valence-electron chi connectivity index (χ0n) is 9.66. The highest BCUT2D eigenvalue weighted by molar-refractivity contribution is 6.34. The van der Waals surface area contributed by atoms with Gasteiger partial charge in [0.25, 0.3) is 0 Å². The Morgan fingerprint density at radius 2 is 1.88 bits per heavy atom. The number of carbonyl (C=O) groups is 1. The molecule has 0 saturated heterocycles. The first-order chi connectivity index (χ1) is 8.20. The molecule has 1 aromatic carbocycles. The molecule has 88 valence electrons. The van der Waals surface area contributed by atoms with Crippen LogP contribution in [-0.2, 0) is 4.79 Å². The molecule has 0 aliphatic heterocycles. The summed E-state index contributed by atoms with van der Waals surface area (Å²) in [5, 5.41) is -0.331. The second-order valence-corrected chi connectivity index (χ2v) is 4.79. The first-order valence-corrected chi connectivity index (χ1v) is 6.25. The van der Waals surface area contributed by atoms with Gasteiger partial charge in [-0.1, -0.05) is 36.9 Å². The molecule has 1 unspecified atom stereocenters. The summed E-state index contributed by atoms with van der Waals surface area (Å²) in [6.07, 6.45) is 6.39. The van der Waals surface area contributed by atoms with Gasteiger partial charge < -0.3 is 0 Å². The van der Waals surface area contributed by atoms with Crippen LogP contribution in [0.1, 0.15) is 30.4 Å². The molecule has 2 rings (SSSR count). The van der Waals surface area contributed by atoms with Crippen LogP contribution in [0.15, 0.2) is 36.4 Å². The lowest BCUT2D eigenvalue weighted by Gasteiger charge is -2.17. The minimum absolute atomic E-state index is 0.0886. The third-order valence-electron chi connectivity index (χ3n) is 3.02. The zero-order valence-corrected chi connectivity index (χ0v) is 10.4. The van der Waals surface area contributed by atoms with Gasteiger partial charge in [-0.05, 0) is 42.0 Å². The van der Waals surface area contributed by atoms with Crippen molar-refractivity contribution in [3.05, 3.63) is 47.5 Å². The Morgan fingerprint density at radius 3 is 2.53 bits per heavy atom. The van der Waals surface area contributed by atoms with Crippen molar-refractivity contribution in [2.45, 2.75) is 24.6 Å². The Hall–Kier alpha value is -1.34. The molecule has 1 atom stereocenters. The fourth-order valence-electron chi connectivity index (χ4n) is 2.00. The molecule has 1 aromatic rings. The lowest BCUT2D eigenvalue weighted by Crippen LogP contribution is -2.21. The first kappa shape index (κ1) is 12.1. The molecule has 0 spiro atoms. The van der Waals surface area contributed by atoms with Gasteiger partial charge in [-0.15, -0.1) is 11.6 Å². The van der Waals surface area contributed by atoms with Gasteiger partial charge in [-0.3, -0.25) is 4.79 Å². The van der Waals surface area contributed by atoms with Crippen molar-refractivity contribution < 1.29 is 4.79 Å². The summed E-state index contributed by atoms with van der Waals surface area (Å²) in [7, 11) is 0. The van der Waals surface area contributed by atoms with Crippen molar-refractivity contribution in [2.24, 2.45) is 0 Å². The summed E-state index contributed by atoms with van der Waals surface area (Å²) in [5.41, 5.74) is 2.98. The first-order valence-electron chi connectivity index (χ1n) is 5.82. The van der Waals surface area contributed by atoms with Crippen molar-refractivity contribution in [3.8, 4) is 0 Å². The summed E-state index contributed by atoms with van der Waals surface area (Å²) < 4.78 is 0. The number of ketones is 1. The van der Waals surface area contributed by atoms with E-state index in [1.165, 1.54) is 0 Å². The summed E-state index contributed by atoms with van der Waals surface area (Å²) in [6.45, 7) is 3.71. The lowest BCUT2D eigenvalue weighted by atomic mass is 9.91. The Labute approximate surface area is 107 Å². The van der Waals surface area contributed by atoms with Crippen LogP contribution < -0.4 is 0 Å². The fourth-order valence-corrected chi connectivity index (χ4v) is 2.29. The molecule has 1 aliphatic rings. The molecular weight excluding hydrogens is 232 g/mol. The molecule has 0 radical (unpaired) electrons. The van der Waals surface area contributed by atoms with Gasteiger partial charge in [0.05, 0.1) is 5.38 Å². The van der Waals surface area contributed by atoms with Crippen LogP contribution >= 0.6 is 11.6 Å². The van der Waals surface area contributed by atoms with E-state index in [4.69, 9.17) is 11.6 Å². The van der Waals surface area contributed by atoms with E-state index in [-0.39, 0.29) is 11.2 Å². The maximum absolute atomic E-state index is 11.8. The van der Waals surface area contributed by atoms with Crippen LogP contribution in [0.25, 0.3) is 12.2 Å². The summed E-state index contributed by atoms with van der Waals surface area (Å²) in [4.78, 5) is 11.8. The maximum atomic E-state index is 11.8. The molecular formula is C15H15ClO. The minimum atomic E-state index is -0.331. The Kier molecular flexibility index (Phi) is 3.80. The van der Waals surface area contributed by atoms with Crippen LogP contribution in [0.2, 0.25) is 0 Å². The van der Waals surface area contributed by atoms with Crippen LogP contribution in [0.3, 0.4) is 0 Å². The predicted octanol–water partition coefficient (Wildman–Crippen LogP) is 4.07. The van der Waals surface area contributed by atoms with Crippen LogP contribution in [0.5, 0.6) is 0 Å². The van der Waals surface area contributed by atoms with E-state index >= 15 is 0 Å². The number of allylic oxidation sites excluding steroid dienone is 1. The molecule has 1 aliphatic carbocycles. The molecule has 0 aromatic heterocycles. The van der Waals surface area contributed by atoms with E-state index in [0.29, 0.717) is 0 Å². The molecule has 1 fully saturated rings. The van der Waals surface area contributed by atoms with Gasteiger partial charge >= 0.3 is 0 Å². The molecule has 0 amide bonds. The summed E-state index contributed by atoms with van der Waals surface area (Å²) >= 11 is 5.97. The average Bonchev–Trinajstić information content (AvgIpc) is 2.36. The van der Waals surface area contributed by atoms with Gasteiger partial charge in [0.2, 0.25) is 0 Å². The number of benzene rings is 1. The number of halogens is 1. The van der Waals surface area contributed by atoms with E-state index in [1.807, 2.05) is 30.3 Å². The van der Waals surface area contributed by atoms with Gasteiger partial charge in [0, 0.05) is 0 Å². The predicted molar refractivity (Wildman–Crippen MR) is 73.0 cm³/mol. The molecule has 2 heteroatoms. The number of Topliss-reactive ketones (excluding diaryl/α,β-unsaturated/α-hetero) is 1. The van der Waals surface area contributed by atoms with Crippen LogP contribution in [-0.4, -0.2) is 11.2 Å². The smallest absolute Gasteiger partial charge is 0.176 e. The van der Waals surface area contributed by atoms with Crippen molar-refractivity contribution in [3.63, 3.8) is 0 Å². The minimum Gasteiger partial charge on any atom is -0.293 e. The normalized spacial score (nSPS) is 22.8. The largest absolute Gasteiger partial charge is 0.293 e. The molecule has 0 heterocycles. The average molecular weight is 247 g/mol. The van der Waals surface area contributed by atoms with E-state index in [2.05, 4.69) is 6.58 Å². The van der Waals surface area contributed by atoms with E-state index < -0.39 is 0 Å². The van der Waals surface area contributed by atoms with Crippen LogP contribution in [0.4, 0.5) is 0 Å². The standard InChI is InChI=1S/C15H15ClO/c1-2-11-6-8-12(9-7-11)10-13-4-3-5-14(16)15(13)17/h2,6-10,14H,1,3-5H2. The topological polar surface area (TPSA) is 17.1 Å². The van der Waals surface area contributed by atoms with Gasteiger partial charge in [-0.25, -0.2) is 0 Å². The Balaban J connectivity index is 2.22. The van der Waals surface area contributed by atoms with Gasteiger partial charge in [-0.2, -0.15) is 0 Å². The van der Waals surface area contributed by atoms with Gasteiger partial charge in [0.15, 0.2) is 5.78 Å². The zero-order chi connectivity index (χ0) is 12.3. The van der Waals surface area contributed by atoms with Gasteiger partial charge in [0.1, 0.15) is 0 Å². The summed E-state index contributed by atoms with van der Waals surface area (Å²) in [6, 6.07) is 7.97. The highest BCUT2D eigenvalue weighted by atomic mass is 35.5. The van der Waals surface area contributed by atoms with E-state index in [9.17, 15) is 4.79 Å². The number of rotatable bonds is 2. The van der Waals surface area contributed by atoms with Crippen molar-refractivity contribution in [1.29, 1.82) is 0 Å². The molecule has 0 N–H and O–H groups in total. The highest BCUT2D eigenvalue weighted by Crippen LogP contribution is 2.25. The number of alkyl halides is 1. The maximum Gasteiger partial charge on any atom is 0.176 e. The fraction of sp³-hybridized carbons (Fsp3) is 0.267. The molecule has 1 saturated carbocycles. The SMILES string of the molecule is C=Cc1ccc(C=C2CCCC(Cl)C2=O)cc1. The number of hydrogen-bond acceptors (Lipinski definition) is 1. The molecule has 0 bridgehead atoms. The third-order valence-corrected chi connectivity index (χ3v) is 3.43. The quantitative estimate of drug-likeness (QED) is 0.568. The van der Waals surface area contributed by atoms with Crippen molar-refractivity contribution in [1.82, 2.24) is 0 Å². The Morgan fingerprint density at radius 1 is 1.24 bits per heavy atom. The van der Waals surface area contributed by atoms with Crippen molar-refractivity contribution >= 4 is 29.5 Å². The lowest BCUT2D eigenvalue weighted by molar-refractivity contribution is -0.116. The highest BCUT2D eigenvalue weighted by Gasteiger charge is 2.23. The van der Waals surface area contributed by atoms with E-state index in [1.54, 1.807) is 6.08 Å². The Bertz CT molecular complexity index is 456. The molecule has 17 heavy (non-hydrogen) atoms. The monoisotopic (exact) mass is 246 g/mol. The second kappa shape index (κ2) is 5.33. The third kappa shape index (κ3) is 2.86. The number of hydrogen-bond donors (Lipinski definition) is 0. The van der Waals surface area contributed by atoms with E-state index in [0.717, 1.165) is 36.0 Å². The second-order valence-electron chi connectivity index (χ2n) is 4.26. The summed E-state index contributed by atoms with van der Waals surface area (Å²) in [5.74, 6) is 0.0886. The number of carbonyl (C=O) groups excluding carboxylic acids is 1. The molecule has 1 nitrogen and oxygen atoms in total. The van der Waals surface area contributed by atoms with Crippen LogP contribution in [0, 0.1) is 0 Å². The van der Waals surface area contributed by atoms with Crippen molar-refractivity contribution in [2.75, 3.05) is 0 Å².